The van der Waals surface area contributed by atoms with Gasteiger partial charge in [0.1, 0.15) is 23.3 Å². The second-order valence-corrected chi connectivity index (χ2v) is 15.6. The number of methoxy groups -OCH3 is 1. The number of carbonyl (C=O) groups is 3. The van der Waals surface area contributed by atoms with Gasteiger partial charge in [-0.3, -0.25) is 9.69 Å². The number of ether oxygens (including phenoxy) is 2. The molecule has 2 aromatic heterocycles. The van der Waals surface area contributed by atoms with Gasteiger partial charge in [0.15, 0.2) is 0 Å². The fraction of sp³-hybridized carbons (Fsp3) is 0.475. The molecule has 1 aliphatic carbocycles. The van der Waals surface area contributed by atoms with E-state index >= 15 is 0 Å². The number of nitrogens with one attached hydrogen (secondary N) is 3. The summed E-state index contributed by atoms with van der Waals surface area (Å²) in [5.41, 5.74) is 5.44. The summed E-state index contributed by atoms with van der Waals surface area (Å²) in [6, 6.07) is 16.0. The summed E-state index contributed by atoms with van der Waals surface area (Å²) in [6.07, 6.45) is 7.55. The first-order valence-corrected chi connectivity index (χ1v) is 18.4. The molecule has 7 rings (SSSR count). The number of alkyl carbamates (subject to hydrolysis) is 1. The summed E-state index contributed by atoms with van der Waals surface area (Å²) in [5, 5.41) is 2.70. The quantitative estimate of drug-likeness (QED) is 0.171. The van der Waals surface area contributed by atoms with E-state index in [-0.39, 0.29) is 36.0 Å². The van der Waals surface area contributed by atoms with Gasteiger partial charge in [-0.2, -0.15) is 0 Å². The molecular weight excluding hydrogens is 658 g/mol. The largest absolute Gasteiger partial charge is 0.453 e. The minimum atomic E-state index is -0.676. The lowest BCUT2D eigenvalue weighted by Crippen LogP contribution is -2.51. The number of hydrogen-bond donors (Lipinski definition) is 3. The van der Waals surface area contributed by atoms with Crippen LogP contribution in [0.3, 0.4) is 0 Å². The summed E-state index contributed by atoms with van der Waals surface area (Å²) in [4.78, 5) is 58.8. The van der Waals surface area contributed by atoms with E-state index < -0.39 is 17.7 Å². The number of imidazole rings is 2. The monoisotopic (exact) mass is 707 g/mol. The first kappa shape index (κ1) is 35.3. The Morgan fingerprint density at radius 3 is 2.00 bits per heavy atom. The van der Waals surface area contributed by atoms with Gasteiger partial charge in [0.05, 0.1) is 43.0 Å². The topological polar surface area (TPSA) is 146 Å². The number of likely N-dealkylation sites (tertiary alicyclic amines) is 2. The Kier molecular flexibility index (Phi) is 9.58. The van der Waals surface area contributed by atoms with Gasteiger partial charge in [-0.1, -0.05) is 62.4 Å². The summed E-state index contributed by atoms with van der Waals surface area (Å²) in [5.74, 6) is 1.72. The molecule has 0 unspecified atom stereocenters. The van der Waals surface area contributed by atoms with E-state index in [0.29, 0.717) is 12.5 Å². The van der Waals surface area contributed by atoms with Crippen LogP contribution in [0.15, 0.2) is 60.9 Å². The fourth-order valence-electron chi connectivity index (χ4n) is 8.08. The molecule has 2 saturated heterocycles. The van der Waals surface area contributed by atoms with Crippen LogP contribution in [-0.4, -0.2) is 79.2 Å². The molecule has 5 atom stereocenters. The molecule has 12 heteroatoms. The van der Waals surface area contributed by atoms with Gasteiger partial charge >= 0.3 is 12.2 Å². The van der Waals surface area contributed by atoms with Crippen molar-refractivity contribution in [2.45, 2.75) is 96.5 Å². The normalized spacial score (nSPS) is 21.8. The highest BCUT2D eigenvalue weighted by molar-refractivity contribution is 5.86. The molecule has 274 valence electrons. The molecule has 4 heterocycles. The predicted molar refractivity (Wildman–Crippen MR) is 197 cm³/mol. The second kappa shape index (κ2) is 14.1. The predicted octanol–water partition coefficient (Wildman–Crippen LogP) is 7.64. The highest BCUT2D eigenvalue weighted by Crippen LogP contribution is 2.50. The van der Waals surface area contributed by atoms with Crippen molar-refractivity contribution in [3.63, 3.8) is 0 Å². The van der Waals surface area contributed by atoms with Crippen molar-refractivity contribution in [2.75, 3.05) is 13.7 Å². The number of piperidine rings is 1. The molecule has 3 fully saturated rings. The van der Waals surface area contributed by atoms with Gasteiger partial charge in [-0.25, -0.2) is 19.6 Å². The number of benzene rings is 2. The van der Waals surface area contributed by atoms with Gasteiger partial charge in [0, 0.05) is 12.6 Å². The van der Waals surface area contributed by atoms with Crippen LogP contribution in [0.2, 0.25) is 0 Å². The Labute approximate surface area is 304 Å². The van der Waals surface area contributed by atoms with Crippen molar-refractivity contribution in [2.24, 2.45) is 11.8 Å². The fourth-order valence-corrected chi connectivity index (χ4v) is 8.08. The standard InChI is InChI=1S/C40H49N7O5/c1-23(2)33(45-38(49)51-6)37(48)46-19-7-8-32(46)35-41-21-30(43-35)26-13-9-24(10-14-26)25-11-15-27(16-12-25)31-22-42-36(44-31)34-28-17-18-29(20-28)47(34)39(50)52-40(3,4)5/h9-16,21-23,28-29,32-34H,7-8,17-20H2,1-6H3,(H,41,43)(H,42,44)(H,45,49)/t28-,29+,32-,33-,34-/m0/s1. The molecular formula is C40H49N7O5. The van der Waals surface area contributed by atoms with Crippen LogP contribution in [0, 0.1) is 11.8 Å². The third-order valence-electron chi connectivity index (χ3n) is 10.6. The smallest absolute Gasteiger partial charge is 0.411 e. The van der Waals surface area contributed by atoms with Gasteiger partial charge < -0.3 is 29.7 Å². The van der Waals surface area contributed by atoms with Crippen molar-refractivity contribution in [1.82, 2.24) is 35.1 Å². The SMILES string of the molecule is COC(=O)N[C@H](C(=O)N1CCC[C@H]1c1ncc(-c2ccc(-c3ccc(-c4cnc([C@@H]5[C@H]6CC[C@H](C6)N5C(=O)OC(C)(C)C)[nH]4)cc3)cc2)[nH]1)C(C)C. The summed E-state index contributed by atoms with van der Waals surface area (Å²) in [7, 11) is 1.30. The zero-order chi connectivity index (χ0) is 36.7. The van der Waals surface area contributed by atoms with E-state index in [1.807, 2.05) is 56.8 Å². The van der Waals surface area contributed by atoms with E-state index in [9.17, 15) is 14.4 Å². The van der Waals surface area contributed by atoms with Crippen LogP contribution in [0.5, 0.6) is 0 Å². The summed E-state index contributed by atoms with van der Waals surface area (Å²) < 4.78 is 10.5. The molecule has 1 saturated carbocycles. The Morgan fingerprint density at radius 1 is 0.846 bits per heavy atom. The molecule has 3 aliphatic rings. The van der Waals surface area contributed by atoms with Gasteiger partial charge in [0.25, 0.3) is 0 Å². The zero-order valence-corrected chi connectivity index (χ0v) is 30.8. The molecule has 0 spiro atoms. The van der Waals surface area contributed by atoms with E-state index in [1.54, 1.807) is 0 Å². The Morgan fingerprint density at radius 2 is 1.42 bits per heavy atom. The Balaban J connectivity index is 1.02. The summed E-state index contributed by atoms with van der Waals surface area (Å²) in [6.45, 7) is 10.1. The average Bonchev–Trinajstić information content (AvgIpc) is 3.97. The van der Waals surface area contributed by atoms with Gasteiger partial charge in [-0.05, 0) is 87.0 Å². The van der Waals surface area contributed by atoms with Crippen molar-refractivity contribution in [1.29, 1.82) is 0 Å². The number of H-pyrrole nitrogens is 2. The minimum Gasteiger partial charge on any atom is -0.453 e. The van der Waals surface area contributed by atoms with Crippen molar-refractivity contribution >= 4 is 18.1 Å². The highest BCUT2D eigenvalue weighted by Gasteiger charge is 2.51. The molecule has 52 heavy (non-hydrogen) atoms. The van der Waals surface area contributed by atoms with Crippen LogP contribution in [-0.2, 0) is 14.3 Å². The maximum Gasteiger partial charge on any atom is 0.411 e. The maximum atomic E-state index is 13.5. The number of hydrogen-bond acceptors (Lipinski definition) is 7. The van der Waals surface area contributed by atoms with Crippen molar-refractivity contribution < 1.29 is 23.9 Å². The molecule has 2 aliphatic heterocycles. The molecule has 2 aromatic carbocycles. The third kappa shape index (κ3) is 7.03. The first-order valence-electron chi connectivity index (χ1n) is 18.4. The number of nitrogens with zero attached hydrogens (tertiary/aromatic N) is 4. The number of aromatic amines is 2. The Hall–Kier alpha value is -5.13. The molecule has 4 aromatic rings. The van der Waals surface area contributed by atoms with E-state index in [2.05, 4.69) is 68.8 Å². The third-order valence-corrected chi connectivity index (χ3v) is 10.6. The first-order chi connectivity index (χ1) is 24.9. The lowest BCUT2D eigenvalue weighted by molar-refractivity contribution is -0.135. The zero-order valence-electron chi connectivity index (χ0n) is 30.8. The van der Waals surface area contributed by atoms with Crippen LogP contribution in [0.1, 0.15) is 90.5 Å². The van der Waals surface area contributed by atoms with E-state index in [0.717, 1.165) is 77.4 Å². The molecule has 12 nitrogen and oxygen atoms in total. The number of carbonyl (C=O) groups excluding carboxylic acids is 3. The van der Waals surface area contributed by atoms with Crippen LogP contribution >= 0.6 is 0 Å². The summed E-state index contributed by atoms with van der Waals surface area (Å²) >= 11 is 0. The second-order valence-electron chi connectivity index (χ2n) is 15.6. The van der Waals surface area contributed by atoms with Gasteiger partial charge in [0.2, 0.25) is 5.91 Å². The van der Waals surface area contributed by atoms with Crippen LogP contribution in [0.25, 0.3) is 33.6 Å². The number of fused-ring (bicyclic) bond motifs is 2. The Bertz CT molecular complexity index is 1910. The van der Waals surface area contributed by atoms with E-state index in [1.165, 1.54) is 7.11 Å². The van der Waals surface area contributed by atoms with Crippen LogP contribution in [0.4, 0.5) is 9.59 Å². The van der Waals surface area contributed by atoms with Crippen LogP contribution < -0.4 is 5.32 Å². The van der Waals surface area contributed by atoms with Crippen molar-refractivity contribution in [3.05, 3.63) is 72.6 Å². The number of rotatable bonds is 8. The molecule has 2 bridgehead atoms. The molecule has 0 radical (unpaired) electrons. The average molecular weight is 708 g/mol. The number of amides is 3. The highest BCUT2D eigenvalue weighted by atomic mass is 16.6. The van der Waals surface area contributed by atoms with E-state index in [4.69, 9.17) is 14.5 Å². The lowest BCUT2D eigenvalue weighted by atomic mass is 9.98. The maximum absolute atomic E-state index is 13.5. The minimum absolute atomic E-state index is 0.0940. The molecule has 3 N–H and O–H groups in total. The molecule has 3 amide bonds. The lowest BCUT2D eigenvalue weighted by Gasteiger charge is -2.35. The number of aromatic nitrogens is 4. The van der Waals surface area contributed by atoms with Crippen molar-refractivity contribution in [3.8, 4) is 33.6 Å². The van der Waals surface area contributed by atoms with Gasteiger partial charge in [-0.15, -0.1) is 0 Å².